The van der Waals surface area contributed by atoms with Gasteiger partial charge in [-0.3, -0.25) is 19.4 Å². The highest BCUT2D eigenvalue weighted by molar-refractivity contribution is 5.95. The van der Waals surface area contributed by atoms with Crippen molar-refractivity contribution in [2.24, 2.45) is 7.05 Å². The molecule has 24 heavy (non-hydrogen) atoms. The van der Waals surface area contributed by atoms with E-state index in [1.807, 2.05) is 37.7 Å². The molecule has 3 aromatic rings. The predicted octanol–water partition coefficient (Wildman–Crippen LogP) is 2.42. The maximum atomic E-state index is 12.4. The van der Waals surface area contributed by atoms with Crippen molar-refractivity contribution >= 4 is 5.91 Å². The molecule has 1 amide bonds. The third-order valence-electron chi connectivity index (χ3n) is 3.96. The van der Waals surface area contributed by atoms with Gasteiger partial charge in [-0.2, -0.15) is 5.10 Å². The van der Waals surface area contributed by atoms with Gasteiger partial charge in [0.15, 0.2) is 0 Å². The molecule has 1 N–H and O–H groups in total. The maximum absolute atomic E-state index is 12.4. The lowest BCUT2D eigenvalue weighted by Gasteiger charge is -2.07. The van der Waals surface area contributed by atoms with Crippen LogP contribution in [0.15, 0.2) is 42.9 Å². The summed E-state index contributed by atoms with van der Waals surface area (Å²) in [6.07, 6.45) is 5.10. The van der Waals surface area contributed by atoms with E-state index in [0.717, 1.165) is 28.2 Å². The summed E-state index contributed by atoms with van der Waals surface area (Å²) in [4.78, 5) is 20.8. The van der Waals surface area contributed by atoms with Crippen LogP contribution in [0.3, 0.4) is 0 Å². The van der Waals surface area contributed by atoms with Gasteiger partial charge in [0.25, 0.3) is 5.91 Å². The molecule has 0 spiro atoms. The minimum atomic E-state index is -0.137. The standard InChI is InChI=1S/C18H19N5O/c1-12-17(13(2)23(3)22-12)16-9-15(6-8-20-16)18(24)21-11-14-5-4-7-19-10-14/h4-10H,11H2,1-3H3,(H,21,24). The summed E-state index contributed by atoms with van der Waals surface area (Å²) in [5.41, 5.74) is 5.18. The Labute approximate surface area is 140 Å². The summed E-state index contributed by atoms with van der Waals surface area (Å²) >= 11 is 0. The molecule has 0 aliphatic heterocycles. The molecule has 0 aliphatic rings. The fraction of sp³-hybridized carbons (Fsp3) is 0.222. The molecule has 0 aromatic carbocycles. The second-order valence-electron chi connectivity index (χ2n) is 5.64. The number of nitrogens with one attached hydrogen (secondary N) is 1. The van der Waals surface area contributed by atoms with Gasteiger partial charge in [0.2, 0.25) is 0 Å². The van der Waals surface area contributed by atoms with Crippen molar-refractivity contribution in [2.75, 3.05) is 0 Å². The molecule has 0 aliphatic carbocycles. The molecule has 0 fully saturated rings. The Bertz CT molecular complexity index is 870. The average Bonchev–Trinajstić information content (AvgIpc) is 2.86. The molecule has 0 bridgehead atoms. The lowest BCUT2D eigenvalue weighted by atomic mass is 10.1. The number of pyridine rings is 2. The van der Waals surface area contributed by atoms with Crippen LogP contribution in [0.25, 0.3) is 11.3 Å². The number of aryl methyl sites for hydroxylation is 2. The molecule has 3 heterocycles. The largest absolute Gasteiger partial charge is 0.348 e. The summed E-state index contributed by atoms with van der Waals surface area (Å²) < 4.78 is 1.82. The molecule has 6 nitrogen and oxygen atoms in total. The molecule has 0 unspecified atom stereocenters. The highest BCUT2D eigenvalue weighted by atomic mass is 16.1. The lowest BCUT2D eigenvalue weighted by Crippen LogP contribution is -2.22. The van der Waals surface area contributed by atoms with Crippen LogP contribution in [0.4, 0.5) is 0 Å². The third kappa shape index (κ3) is 3.17. The lowest BCUT2D eigenvalue weighted by molar-refractivity contribution is 0.0951. The van der Waals surface area contributed by atoms with Gasteiger partial charge in [-0.1, -0.05) is 6.07 Å². The zero-order chi connectivity index (χ0) is 17.1. The molecule has 0 atom stereocenters. The number of rotatable bonds is 4. The van der Waals surface area contributed by atoms with E-state index < -0.39 is 0 Å². The summed E-state index contributed by atoms with van der Waals surface area (Å²) in [6, 6.07) is 7.28. The number of aromatic nitrogens is 4. The third-order valence-corrected chi connectivity index (χ3v) is 3.96. The molecule has 6 heteroatoms. The number of nitrogens with zero attached hydrogens (tertiary/aromatic N) is 4. The molecule has 3 aromatic heterocycles. The van der Waals surface area contributed by atoms with Crippen LogP contribution >= 0.6 is 0 Å². The monoisotopic (exact) mass is 321 g/mol. The minimum Gasteiger partial charge on any atom is -0.348 e. The molecule has 0 saturated heterocycles. The van der Waals surface area contributed by atoms with Crippen molar-refractivity contribution in [3.63, 3.8) is 0 Å². The number of carbonyl (C=O) groups is 1. The Morgan fingerprint density at radius 2 is 2.08 bits per heavy atom. The van der Waals surface area contributed by atoms with Gasteiger partial charge in [0.1, 0.15) is 0 Å². The van der Waals surface area contributed by atoms with E-state index in [-0.39, 0.29) is 5.91 Å². The zero-order valence-electron chi connectivity index (χ0n) is 13.9. The molecule has 3 rings (SSSR count). The number of hydrogen-bond donors (Lipinski definition) is 1. The zero-order valence-corrected chi connectivity index (χ0v) is 13.9. The van der Waals surface area contributed by atoms with E-state index >= 15 is 0 Å². The van der Waals surface area contributed by atoms with E-state index in [4.69, 9.17) is 0 Å². The Morgan fingerprint density at radius 3 is 2.75 bits per heavy atom. The van der Waals surface area contributed by atoms with Crippen LogP contribution in [0.1, 0.15) is 27.3 Å². The first-order valence-corrected chi connectivity index (χ1v) is 7.70. The van der Waals surface area contributed by atoms with Crippen molar-refractivity contribution in [3.05, 3.63) is 65.4 Å². The second-order valence-corrected chi connectivity index (χ2v) is 5.64. The SMILES string of the molecule is Cc1nn(C)c(C)c1-c1cc(C(=O)NCc2cccnc2)ccn1. The quantitative estimate of drug-likeness (QED) is 0.801. The fourth-order valence-electron chi connectivity index (χ4n) is 2.64. The first-order valence-electron chi connectivity index (χ1n) is 7.70. The Kier molecular flexibility index (Phi) is 4.37. The van der Waals surface area contributed by atoms with Gasteiger partial charge in [0.05, 0.1) is 11.4 Å². The Balaban J connectivity index is 1.81. The summed E-state index contributed by atoms with van der Waals surface area (Å²) in [5.74, 6) is -0.137. The van der Waals surface area contributed by atoms with Crippen molar-refractivity contribution in [1.29, 1.82) is 0 Å². The van der Waals surface area contributed by atoms with Crippen molar-refractivity contribution in [3.8, 4) is 11.3 Å². The average molecular weight is 321 g/mol. The Hall–Kier alpha value is -3.02. The van der Waals surface area contributed by atoms with Crippen LogP contribution in [0, 0.1) is 13.8 Å². The fourth-order valence-corrected chi connectivity index (χ4v) is 2.64. The number of hydrogen-bond acceptors (Lipinski definition) is 4. The van der Waals surface area contributed by atoms with Crippen LogP contribution < -0.4 is 5.32 Å². The van der Waals surface area contributed by atoms with Crippen molar-refractivity contribution in [2.45, 2.75) is 20.4 Å². The maximum Gasteiger partial charge on any atom is 0.251 e. The summed E-state index contributed by atoms with van der Waals surface area (Å²) in [7, 11) is 1.90. The van der Waals surface area contributed by atoms with Crippen molar-refractivity contribution < 1.29 is 4.79 Å². The van der Waals surface area contributed by atoms with Crippen LogP contribution in [-0.4, -0.2) is 25.7 Å². The van der Waals surface area contributed by atoms with Gasteiger partial charge in [0, 0.05) is 49.0 Å². The molecule has 122 valence electrons. The highest BCUT2D eigenvalue weighted by Gasteiger charge is 2.15. The molecule has 0 radical (unpaired) electrons. The number of amides is 1. The normalized spacial score (nSPS) is 10.6. The summed E-state index contributed by atoms with van der Waals surface area (Å²) in [5, 5.41) is 7.31. The van der Waals surface area contributed by atoms with Gasteiger partial charge in [-0.15, -0.1) is 0 Å². The number of carbonyl (C=O) groups excluding carboxylic acids is 1. The highest BCUT2D eigenvalue weighted by Crippen LogP contribution is 2.25. The van der Waals surface area contributed by atoms with E-state index in [9.17, 15) is 4.79 Å². The van der Waals surface area contributed by atoms with E-state index in [2.05, 4.69) is 20.4 Å². The van der Waals surface area contributed by atoms with Crippen molar-refractivity contribution in [1.82, 2.24) is 25.1 Å². The van der Waals surface area contributed by atoms with Crippen LogP contribution in [0.2, 0.25) is 0 Å². The minimum absolute atomic E-state index is 0.137. The van der Waals surface area contributed by atoms with Crippen LogP contribution in [-0.2, 0) is 13.6 Å². The van der Waals surface area contributed by atoms with Gasteiger partial charge in [-0.25, -0.2) is 0 Å². The smallest absolute Gasteiger partial charge is 0.251 e. The van der Waals surface area contributed by atoms with Gasteiger partial charge < -0.3 is 5.32 Å². The summed E-state index contributed by atoms with van der Waals surface area (Å²) in [6.45, 7) is 4.38. The second kappa shape index (κ2) is 6.62. The van der Waals surface area contributed by atoms with E-state index in [0.29, 0.717) is 12.1 Å². The van der Waals surface area contributed by atoms with Crippen LogP contribution in [0.5, 0.6) is 0 Å². The van der Waals surface area contributed by atoms with E-state index in [1.165, 1.54) is 0 Å². The molecule has 0 saturated carbocycles. The first kappa shape index (κ1) is 15.9. The topological polar surface area (TPSA) is 72.7 Å². The van der Waals surface area contributed by atoms with E-state index in [1.54, 1.807) is 30.7 Å². The first-order chi connectivity index (χ1) is 11.6. The van der Waals surface area contributed by atoms with Gasteiger partial charge >= 0.3 is 0 Å². The predicted molar refractivity (Wildman–Crippen MR) is 91.3 cm³/mol. The Morgan fingerprint density at radius 1 is 1.25 bits per heavy atom. The molecular weight excluding hydrogens is 302 g/mol. The van der Waals surface area contributed by atoms with Gasteiger partial charge in [-0.05, 0) is 37.6 Å². The molecular formula is C18H19N5O.